The van der Waals surface area contributed by atoms with Crippen LogP contribution < -0.4 is 5.43 Å². The highest BCUT2D eigenvalue weighted by molar-refractivity contribution is 7.92. The van der Waals surface area contributed by atoms with Crippen molar-refractivity contribution in [1.29, 1.82) is 10.5 Å². The van der Waals surface area contributed by atoms with Gasteiger partial charge in [0, 0.05) is 0 Å². The fourth-order valence-electron chi connectivity index (χ4n) is 2.77. The van der Waals surface area contributed by atoms with Gasteiger partial charge >= 0.3 is 0 Å². The van der Waals surface area contributed by atoms with E-state index in [1.807, 2.05) is 6.92 Å². The zero-order valence-corrected chi connectivity index (χ0v) is 18.4. The maximum Gasteiger partial charge on any atom is 0.237 e. The van der Waals surface area contributed by atoms with Gasteiger partial charge in [-0.15, -0.1) is 0 Å². The van der Waals surface area contributed by atoms with Crippen molar-refractivity contribution in [3.63, 3.8) is 0 Å². The van der Waals surface area contributed by atoms with Crippen LogP contribution >= 0.6 is 0 Å². The summed E-state index contributed by atoms with van der Waals surface area (Å²) in [5, 5.41) is 21.4. The van der Waals surface area contributed by atoms with Gasteiger partial charge in [-0.2, -0.15) is 15.6 Å². The molecule has 0 aliphatic heterocycles. The van der Waals surface area contributed by atoms with Gasteiger partial charge in [0.25, 0.3) is 0 Å². The number of rotatable bonds is 6. The van der Waals surface area contributed by atoms with Crippen molar-refractivity contribution in [3.05, 3.63) is 78.4 Å². The molecule has 8 nitrogen and oxygen atoms in total. The number of benzene rings is 3. The molecule has 0 bridgehead atoms. The molecule has 1 N–H and O–H groups in total. The lowest BCUT2D eigenvalue weighted by Gasteiger charge is -2.13. The highest BCUT2D eigenvalue weighted by Crippen LogP contribution is 2.32. The lowest BCUT2D eigenvalue weighted by Crippen LogP contribution is -2.09. The summed E-state index contributed by atoms with van der Waals surface area (Å²) in [7, 11) is -8.02. The Morgan fingerprint density at radius 2 is 1.34 bits per heavy atom. The number of hydrazone groups is 1. The first kappa shape index (κ1) is 22.7. The lowest BCUT2D eigenvalue weighted by molar-refractivity contribution is 0.592. The first-order valence-corrected chi connectivity index (χ1v) is 12.1. The molecule has 3 rings (SSSR count). The van der Waals surface area contributed by atoms with Crippen LogP contribution in [-0.2, 0) is 19.7 Å². The number of nitriles is 2. The van der Waals surface area contributed by atoms with Crippen molar-refractivity contribution in [2.24, 2.45) is 5.10 Å². The monoisotopic (exact) mass is 464 g/mol. The van der Waals surface area contributed by atoms with Crippen LogP contribution in [0.3, 0.4) is 0 Å². The topological polar surface area (TPSA) is 140 Å². The van der Waals surface area contributed by atoms with Crippen LogP contribution in [0, 0.1) is 29.6 Å². The van der Waals surface area contributed by atoms with Crippen molar-refractivity contribution < 1.29 is 16.8 Å². The van der Waals surface area contributed by atoms with E-state index < -0.39 is 25.4 Å². The Hall–Kier alpha value is -3.99. The van der Waals surface area contributed by atoms with Gasteiger partial charge in [-0.1, -0.05) is 35.9 Å². The predicted octanol–water partition coefficient (Wildman–Crippen LogP) is 3.48. The molecule has 0 unspecified atom stereocenters. The average Bonchev–Trinajstić information content (AvgIpc) is 2.80. The van der Waals surface area contributed by atoms with Crippen LogP contribution in [0.5, 0.6) is 0 Å². The highest BCUT2D eigenvalue weighted by Gasteiger charge is 2.25. The van der Waals surface area contributed by atoms with Gasteiger partial charge in [0.2, 0.25) is 25.4 Å². The SMILES string of the molecule is Cc1ccc(S(=O)(=O)c2ccc(S(=O)(=O)c3ccccc3)cc2NN=C(C#N)C#N)cc1. The molecule has 10 heteroatoms. The Balaban J connectivity index is 2.20. The summed E-state index contributed by atoms with van der Waals surface area (Å²) in [6.07, 6.45) is 0. The second-order valence-corrected chi connectivity index (χ2v) is 10.5. The first-order valence-electron chi connectivity index (χ1n) is 9.10. The maximum absolute atomic E-state index is 13.2. The molecule has 0 aliphatic rings. The van der Waals surface area contributed by atoms with Gasteiger partial charge in [-0.3, -0.25) is 5.43 Å². The van der Waals surface area contributed by atoms with E-state index in [2.05, 4.69) is 10.5 Å². The smallest absolute Gasteiger partial charge is 0.237 e. The van der Waals surface area contributed by atoms with E-state index in [0.717, 1.165) is 17.7 Å². The first-order chi connectivity index (χ1) is 15.2. The quantitative estimate of drug-likeness (QED) is 0.435. The zero-order chi connectivity index (χ0) is 23.4. The van der Waals surface area contributed by atoms with E-state index >= 15 is 0 Å². The third-order valence-corrected chi connectivity index (χ3v) is 8.03. The fourth-order valence-corrected chi connectivity index (χ4v) is 5.47. The van der Waals surface area contributed by atoms with Crippen molar-refractivity contribution in [2.75, 3.05) is 5.43 Å². The number of hydrogen-bond donors (Lipinski definition) is 1. The third-order valence-electron chi connectivity index (χ3n) is 4.44. The number of nitrogens with one attached hydrogen (secondary N) is 1. The van der Waals surface area contributed by atoms with E-state index in [1.165, 1.54) is 30.3 Å². The largest absolute Gasteiger partial charge is 0.275 e. The molecular formula is C22H16N4O4S2. The molecule has 0 saturated carbocycles. The Morgan fingerprint density at radius 1 is 0.781 bits per heavy atom. The van der Waals surface area contributed by atoms with Crippen molar-refractivity contribution in [2.45, 2.75) is 26.5 Å². The minimum absolute atomic E-state index is 0.00501. The summed E-state index contributed by atoms with van der Waals surface area (Å²) < 4.78 is 52.4. The summed E-state index contributed by atoms with van der Waals surface area (Å²) in [5.74, 6) is 0. The molecule has 0 aliphatic carbocycles. The zero-order valence-electron chi connectivity index (χ0n) is 16.7. The summed E-state index contributed by atoms with van der Waals surface area (Å²) >= 11 is 0. The fraction of sp³-hybridized carbons (Fsp3) is 0.0455. The second kappa shape index (κ2) is 9.02. The minimum Gasteiger partial charge on any atom is -0.275 e. The van der Waals surface area contributed by atoms with Gasteiger partial charge in [-0.25, -0.2) is 16.8 Å². The molecule has 0 atom stereocenters. The van der Waals surface area contributed by atoms with E-state index in [4.69, 9.17) is 10.5 Å². The maximum atomic E-state index is 13.2. The van der Waals surface area contributed by atoms with Gasteiger partial charge in [-0.05, 0) is 49.4 Å². The van der Waals surface area contributed by atoms with Crippen LogP contribution in [0.1, 0.15) is 5.56 Å². The minimum atomic E-state index is -4.07. The summed E-state index contributed by atoms with van der Waals surface area (Å²) in [4.78, 5) is -0.417. The van der Waals surface area contributed by atoms with Gasteiger partial charge < -0.3 is 0 Å². The number of anilines is 1. The van der Waals surface area contributed by atoms with Crippen molar-refractivity contribution >= 4 is 31.1 Å². The van der Waals surface area contributed by atoms with E-state index in [0.29, 0.717) is 0 Å². The summed E-state index contributed by atoms with van der Waals surface area (Å²) in [6, 6.07) is 20.3. The van der Waals surface area contributed by atoms with Gasteiger partial charge in [0.15, 0.2) is 0 Å². The highest BCUT2D eigenvalue weighted by atomic mass is 32.2. The van der Waals surface area contributed by atoms with E-state index in [1.54, 1.807) is 42.5 Å². The van der Waals surface area contributed by atoms with Crippen LogP contribution in [0.15, 0.2) is 97.5 Å². The van der Waals surface area contributed by atoms with Crippen LogP contribution in [0.4, 0.5) is 5.69 Å². The molecule has 32 heavy (non-hydrogen) atoms. The second-order valence-electron chi connectivity index (χ2n) is 6.59. The number of sulfone groups is 2. The Labute approximate surface area is 185 Å². The van der Waals surface area contributed by atoms with Crippen molar-refractivity contribution in [3.8, 4) is 12.1 Å². The molecule has 3 aromatic rings. The molecule has 0 saturated heterocycles. The molecule has 0 heterocycles. The van der Waals surface area contributed by atoms with E-state index in [-0.39, 0.29) is 25.3 Å². The molecule has 0 aromatic heterocycles. The summed E-state index contributed by atoms with van der Waals surface area (Å²) in [6.45, 7) is 1.81. The molecule has 0 amide bonds. The molecule has 0 spiro atoms. The number of hydrogen-bond acceptors (Lipinski definition) is 8. The van der Waals surface area contributed by atoms with Crippen molar-refractivity contribution in [1.82, 2.24) is 0 Å². The van der Waals surface area contributed by atoms with Crippen LogP contribution in [0.2, 0.25) is 0 Å². The van der Waals surface area contributed by atoms with Gasteiger partial charge in [0.1, 0.15) is 12.1 Å². The molecule has 0 fully saturated rings. The molecule has 160 valence electrons. The molecule has 3 aromatic carbocycles. The number of nitrogens with zero attached hydrogens (tertiary/aromatic N) is 3. The Morgan fingerprint density at radius 3 is 1.94 bits per heavy atom. The van der Waals surface area contributed by atoms with E-state index in [9.17, 15) is 16.8 Å². The average molecular weight is 465 g/mol. The molecule has 0 radical (unpaired) electrons. The van der Waals surface area contributed by atoms with Gasteiger partial charge in [0.05, 0.1) is 25.3 Å². The Bertz CT molecular complexity index is 1470. The van der Waals surface area contributed by atoms with Crippen LogP contribution in [0.25, 0.3) is 0 Å². The summed E-state index contributed by atoms with van der Waals surface area (Å²) in [5.41, 5.74) is 2.49. The standard InChI is InChI=1S/C22H16N4O4S2/c1-16-7-9-19(10-8-16)32(29,30)22-12-11-20(13-21(22)26-25-17(14-23)15-24)31(27,28)18-5-3-2-4-6-18/h2-13,26H,1H3. The predicted molar refractivity (Wildman–Crippen MR) is 117 cm³/mol. The Kier molecular flexibility index (Phi) is 6.40. The normalized spacial score (nSPS) is 11.1. The number of aryl methyl sites for hydroxylation is 1. The van der Waals surface area contributed by atoms with Crippen LogP contribution in [-0.4, -0.2) is 22.5 Å². The lowest BCUT2D eigenvalue weighted by atomic mass is 10.2. The third kappa shape index (κ3) is 4.52. The molecular weight excluding hydrogens is 448 g/mol.